The number of hydrogen-bond acceptors (Lipinski definition) is 6. The van der Waals surface area contributed by atoms with Gasteiger partial charge in [-0.25, -0.2) is 27.2 Å². The van der Waals surface area contributed by atoms with Crippen LogP contribution in [0.2, 0.25) is 0 Å². The van der Waals surface area contributed by atoms with E-state index in [9.17, 15) is 17.2 Å². The fourth-order valence-electron chi connectivity index (χ4n) is 4.98. The number of halogens is 2. The molecule has 0 amide bonds. The van der Waals surface area contributed by atoms with Crippen molar-refractivity contribution >= 4 is 32.0 Å². The normalized spacial score (nSPS) is 16.7. The summed E-state index contributed by atoms with van der Waals surface area (Å²) >= 11 is 0. The number of hydrogen-bond donors (Lipinski definition) is 1. The number of fused-ring (bicyclic) bond motifs is 3. The molecule has 2 aromatic heterocycles. The topological polar surface area (TPSA) is 83.4 Å². The Kier molecular flexibility index (Phi) is 6.73. The van der Waals surface area contributed by atoms with Crippen molar-refractivity contribution in [3.8, 4) is 0 Å². The molecule has 8 nitrogen and oxygen atoms in total. The van der Waals surface area contributed by atoms with Gasteiger partial charge in [-0.15, -0.1) is 0 Å². The Balaban J connectivity index is 1.39. The SMILES string of the molecule is Cn1c2cncnc2c2c(C(NS(C)(=O)=O)N3CCN(CCc4ccc(F)c(F)c4)CC3)cccc21. The van der Waals surface area contributed by atoms with Crippen molar-refractivity contribution < 1.29 is 17.2 Å². The van der Waals surface area contributed by atoms with E-state index < -0.39 is 27.8 Å². The molecule has 0 saturated carbocycles. The van der Waals surface area contributed by atoms with Crippen LogP contribution in [-0.2, 0) is 23.5 Å². The monoisotopic (exact) mass is 514 g/mol. The fourth-order valence-corrected chi connectivity index (χ4v) is 5.66. The predicted molar refractivity (Wildman–Crippen MR) is 135 cm³/mol. The summed E-state index contributed by atoms with van der Waals surface area (Å²) in [5.41, 5.74) is 4.20. The molecule has 5 rings (SSSR count). The number of nitrogens with zero attached hydrogens (tertiary/aromatic N) is 5. The van der Waals surface area contributed by atoms with Gasteiger partial charge in [0.05, 0.1) is 29.0 Å². The highest BCUT2D eigenvalue weighted by Gasteiger charge is 2.29. The lowest BCUT2D eigenvalue weighted by Gasteiger charge is -2.39. The predicted octanol–water partition coefficient (Wildman–Crippen LogP) is 2.81. The van der Waals surface area contributed by atoms with E-state index in [1.165, 1.54) is 18.6 Å². The first-order valence-corrected chi connectivity index (χ1v) is 13.6. The number of rotatable bonds is 7. The zero-order valence-corrected chi connectivity index (χ0v) is 21.0. The number of piperazine rings is 1. The van der Waals surface area contributed by atoms with Gasteiger partial charge in [0.25, 0.3) is 0 Å². The van der Waals surface area contributed by atoms with Gasteiger partial charge in [0.2, 0.25) is 10.0 Å². The molecular formula is C25H28F2N6O2S. The van der Waals surface area contributed by atoms with Gasteiger partial charge in [-0.05, 0) is 35.7 Å². The van der Waals surface area contributed by atoms with Crippen molar-refractivity contribution in [1.82, 2.24) is 29.1 Å². The van der Waals surface area contributed by atoms with E-state index >= 15 is 0 Å². The second-order valence-electron chi connectivity index (χ2n) is 9.23. The Morgan fingerprint density at radius 3 is 2.56 bits per heavy atom. The number of nitrogens with one attached hydrogen (secondary N) is 1. The molecule has 1 atom stereocenters. The molecule has 1 N–H and O–H groups in total. The number of aromatic nitrogens is 3. The maximum atomic E-state index is 13.5. The van der Waals surface area contributed by atoms with Gasteiger partial charge in [0, 0.05) is 45.2 Å². The first-order valence-electron chi connectivity index (χ1n) is 11.8. The van der Waals surface area contributed by atoms with Gasteiger partial charge in [-0.2, -0.15) is 4.72 Å². The zero-order valence-electron chi connectivity index (χ0n) is 20.2. The molecule has 190 valence electrons. The average molecular weight is 515 g/mol. The van der Waals surface area contributed by atoms with Crippen molar-refractivity contribution in [3.63, 3.8) is 0 Å². The Hall–Kier alpha value is -2.99. The van der Waals surface area contributed by atoms with Gasteiger partial charge < -0.3 is 9.47 Å². The molecule has 1 fully saturated rings. The minimum absolute atomic E-state index is 0.558. The van der Waals surface area contributed by atoms with E-state index in [0.29, 0.717) is 26.1 Å². The van der Waals surface area contributed by atoms with E-state index in [-0.39, 0.29) is 0 Å². The first-order chi connectivity index (χ1) is 17.2. The van der Waals surface area contributed by atoms with E-state index in [0.717, 1.165) is 52.2 Å². The standard InChI is InChI=1S/C25H28F2N6O2S/c1-31-21-5-3-4-18(23(21)24-22(31)15-28-16-29-24)25(30-36(2,34)35)33-12-10-32(11-13-33)9-8-17-6-7-19(26)20(27)14-17/h3-7,14-16,25,30H,8-13H2,1-2H3. The van der Waals surface area contributed by atoms with Gasteiger partial charge in [0.15, 0.2) is 11.6 Å². The Bertz CT molecular complexity index is 1520. The minimum atomic E-state index is -3.51. The van der Waals surface area contributed by atoms with Crippen LogP contribution in [0.3, 0.4) is 0 Å². The summed E-state index contributed by atoms with van der Waals surface area (Å²) in [5.74, 6) is -1.68. The Morgan fingerprint density at radius 2 is 1.83 bits per heavy atom. The van der Waals surface area contributed by atoms with Gasteiger partial charge in [-0.3, -0.25) is 4.90 Å². The summed E-state index contributed by atoms with van der Waals surface area (Å²) < 4.78 is 56.4. The lowest BCUT2D eigenvalue weighted by molar-refractivity contribution is 0.0923. The molecule has 1 aliphatic heterocycles. The Morgan fingerprint density at radius 1 is 1.06 bits per heavy atom. The molecule has 36 heavy (non-hydrogen) atoms. The van der Waals surface area contributed by atoms with Crippen molar-refractivity contribution in [3.05, 3.63) is 71.7 Å². The van der Waals surface area contributed by atoms with Crippen LogP contribution in [0.4, 0.5) is 8.78 Å². The van der Waals surface area contributed by atoms with Gasteiger partial charge in [-0.1, -0.05) is 18.2 Å². The molecule has 11 heteroatoms. The third kappa shape index (κ3) is 4.96. The molecule has 1 unspecified atom stereocenters. The number of benzene rings is 2. The highest BCUT2D eigenvalue weighted by Crippen LogP contribution is 2.34. The fraction of sp³-hybridized carbons (Fsp3) is 0.360. The molecule has 0 spiro atoms. The minimum Gasteiger partial charge on any atom is -0.341 e. The van der Waals surface area contributed by atoms with E-state index in [1.54, 1.807) is 12.3 Å². The summed E-state index contributed by atoms with van der Waals surface area (Å²) in [5, 5.41) is 0.902. The zero-order chi connectivity index (χ0) is 25.4. The van der Waals surface area contributed by atoms with Crippen molar-refractivity contribution in [2.24, 2.45) is 7.05 Å². The number of aryl methyl sites for hydroxylation is 1. The van der Waals surface area contributed by atoms with Crippen LogP contribution in [0, 0.1) is 11.6 Å². The average Bonchev–Trinajstić information content (AvgIpc) is 3.16. The molecule has 4 aromatic rings. The van der Waals surface area contributed by atoms with E-state index in [2.05, 4.69) is 24.5 Å². The molecule has 1 saturated heterocycles. The van der Waals surface area contributed by atoms with Crippen LogP contribution in [0.1, 0.15) is 17.3 Å². The quantitative estimate of drug-likeness (QED) is 0.409. The molecule has 2 aromatic carbocycles. The van der Waals surface area contributed by atoms with Crippen molar-refractivity contribution in [2.45, 2.75) is 12.6 Å². The smallest absolute Gasteiger partial charge is 0.210 e. The maximum absolute atomic E-state index is 13.5. The Labute approximate surface area is 208 Å². The van der Waals surface area contributed by atoms with Crippen LogP contribution in [-0.4, -0.2) is 71.7 Å². The lowest BCUT2D eigenvalue weighted by atomic mass is 10.0. The largest absolute Gasteiger partial charge is 0.341 e. The summed E-state index contributed by atoms with van der Waals surface area (Å²) in [6.07, 6.45) is 4.48. The number of sulfonamides is 1. The van der Waals surface area contributed by atoms with Gasteiger partial charge in [0.1, 0.15) is 12.5 Å². The molecule has 0 radical (unpaired) electrons. The van der Waals surface area contributed by atoms with Crippen molar-refractivity contribution in [1.29, 1.82) is 0 Å². The van der Waals surface area contributed by atoms with Crippen molar-refractivity contribution in [2.75, 3.05) is 39.0 Å². The van der Waals surface area contributed by atoms with Crippen LogP contribution in [0.15, 0.2) is 48.9 Å². The molecular weight excluding hydrogens is 486 g/mol. The third-order valence-corrected chi connectivity index (χ3v) is 7.47. The van der Waals surface area contributed by atoms with Crippen LogP contribution in [0.5, 0.6) is 0 Å². The van der Waals surface area contributed by atoms with Crippen LogP contribution in [0.25, 0.3) is 21.9 Å². The van der Waals surface area contributed by atoms with Crippen LogP contribution < -0.4 is 4.72 Å². The molecule has 0 bridgehead atoms. The highest BCUT2D eigenvalue weighted by atomic mass is 32.2. The second kappa shape index (κ2) is 9.81. The lowest BCUT2D eigenvalue weighted by Crippen LogP contribution is -2.51. The van der Waals surface area contributed by atoms with Crippen LogP contribution >= 0.6 is 0 Å². The molecule has 0 aliphatic carbocycles. The summed E-state index contributed by atoms with van der Waals surface area (Å²) in [6.45, 7) is 3.43. The second-order valence-corrected chi connectivity index (χ2v) is 11.0. The summed E-state index contributed by atoms with van der Waals surface area (Å²) in [4.78, 5) is 13.0. The third-order valence-electron chi connectivity index (χ3n) is 6.82. The first kappa shape index (κ1) is 24.7. The molecule has 3 heterocycles. The van der Waals surface area contributed by atoms with Gasteiger partial charge >= 0.3 is 0 Å². The summed E-state index contributed by atoms with van der Waals surface area (Å²) in [7, 11) is -1.57. The van der Waals surface area contributed by atoms with E-state index in [1.807, 2.05) is 29.8 Å². The van der Waals surface area contributed by atoms with E-state index in [4.69, 9.17) is 0 Å². The maximum Gasteiger partial charge on any atom is 0.210 e. The molecule has 1 aliphatic rings. The summed E-state index contributed by atoms with van der Waals surface area (Å²) in [6, 6.07) is 9.87. The highest BCUT2D eigenvalue weighted by molar-refractivity contribution is 7.88.